The Morgan fingerprint density at radius 2 is 1.86 bits per heavy atom. The minimum Gasteiger partial charge on any atom is -0.479 e. The molecule has 1 fully saturated rings. The predicted molar refractivity (Wildman–Crippen MR) is 140 cm³/mol. The average molecular weight is 494 g/mol. The molecule has 1 aromatic carbocycles. The van der Waals surface area contributed by atoms with E-state index in [4.69, 9.17) is 19.8 Å². The van der Waals surface area contributed by atoms with Crippen LogP contribution in [0.2, 0.25) is 0 Å². The number of rotatable bonds is 6. The molecule has 1 aliphatic heterocycles. The van der Waals surface area contributed by atoms with Crippen LogP contribution in [-0.2, 0) is 0 Å². The summed E-state index contributed by atoms with van der Waals surface area (Å²) in [5.41, 5.74) is 3.84. The van der Waals surface area contributed by atoms with Crippen molar-refractivity contribution in [3.05, 3.63) is 66.2 Å². The Bertz CT molecular complexity index is 1270. The van der Waals surface area contributed by atoms with E-state index in [-0.39, 0.29) is 18.4 Å². The Kier molecular flexibility index (Phi) is 7.40. The summed E-state index contributed by atoms with van der Waals surface area (Å²) >= 11 is 0. The molecule has 0 spiro atoms. The van der Waals surface area contributed by atoms with Gasteiger partial charge in [0.15, 0.2) is 0 Å². The molecule has 0 aliphatic carbocycles. The number of benzene rings is 1. The fraction of sp³-hybridized carbons (Fsp3) is 0.385. The van der Waals surface area contributed by atoms with Crippen molar-refractivity contribution >= 4 is 18.4 Å². The number of anilines is 1. The van der Waals surface area contributed by atoms with E-state index in [9.17, 15) is 0 Å². The third kappa shape index (κ3) is 5.03. The summed E-state index contributed by atoms with van der Waals surface area (Å²) in [4.78, 5) is 16.4. The lowest BCUT2D eigenvalue weighted by Crippen LogP contribution is -2.36. The van der Waals surface area contributed by atoms with Crippen molar-refractivity contribution in [1.82, 2.24) is 29.3 Å². The third-order valence-electron chi connectivity index (χ3n) is 6.33. The van der Waals surface area contributed by atoms with Crippen molar-refractivity contribution in [2.24, 2.45) is 0 Å². The van der Waals surface area contributed by atoms with Gasteiger partial charge in [0.25, 0.3) is 0 Å². The average Bonchev–Trinajstić information content (AvgIpc) is 3.51. The van der Waals surface area contributed by atoms with Gasteiger partial charge in [-0.05, 0) is 51.3 Å². The Morgan fingerprint density at radius 3 is 2.54 bits per heavy atom. The summed E-state index contributed by atoms with van der Waals surface area (Å²) < 4.78 is 9.53. The summed E-state index contributed by atoms with van der Waals surface area (Å²) in [5, 5.41) is 4.86. The van der Waals surface area contributed by atoms with Crippen molar-refractivity contribution in [3.8, 4) is 23.1 Å². The zero-order valence-electron chi connectivity index (χ0n) is 20.6. The first-order valence-electron chi connectivity index (χ1n) is 11.9. The lowest BCUT2D eigenvalue weighted by atomic mass is 9.91. The van der Waals surface area contributed by atoms with E-state index in [1.807, 2.05) is 34.5 Å². The second-order valence-corrected chi connectivity index (χ2v) is 9.12. The maximum atomic E-state index is 5.60. The van der Waals surface area contributed by atoms with E-state index in [2.05, 4.69) is 54.1 Å². The molecule has 9 heteroatoms. The van der Waals surface area contributed by atoms with Gasteiger partial charge in [-0.1, -0.05) is 30.3 Å². The number of piperidine rings is 1. The number of hydrogen-bond donors (Lipinski definition) is 0. The maximum absolute atomic E-state index is 5.60. The molecule has 1 saturated heterocycles. The second-order valence-electron chi connectivity index (χ2n) is 9.12. The van der Waals surface area contributed by atoms with E-state index in [0.29, 0.717) is 23.3 Å². The standard InChI is InChI=1S/C26H31N7O.ClH/c1-18(2)33-26(31-14-8-11-21(16-31)20-9-6-5-7-10-20)29-24(30-33)22-12-13-23(25(28-22)34-4)32-15-19(3)27-17-32;/h5-7,9-10,12-13,15,17-18,21H,8,11,14,16H2,1-4H3;1H. The zero-order chi connectivity index (χ0) is 23.7. The van der Waals surface area contributed by atoms with Crippen LogP contribution in [0.5, 0.6) is 5.88 Å². The van der Waals surface area contributed by atoms with Crippen LogP contribution in [-0.4, -0.2) is 49.5 Å². The van der Waals surface area contributed by atoms with E-state index in [1.165, 1.54) is 12.0 Å². The first-order chi connectivity index (χ1) is 16.5. The number of ether oxygens (including phenoxy) is 1. The second kappa shape index (κ2) is 10.5. The Morgan fingerprint density at radius 1 is 1.06 bits per heavy atom. The molecule has 1 atom stereocenters. The number of aryl methyl sites for hydroxylation is 1. The van der Waals surface area contributed by atoms with Crippen molar-refractivity contribution in [2.45, 2.75) is 45.6 Å². The highest BCUT2D eigenvalue weighted by atomic mass is 35.5. The molecule has 0 bridgehead atoms. The molecule has 4 heterocycles. The summed E-state index contributed by atoms with van der Waals surface area (Å²) in [6.07, 6.45) is 6.03. The van der Waals surface area contributed by atoms with Gasteiger partial charge < -0.3 is 14.2 Å². The Labute approximate surface area is 212 Å². The Balaban J connectivity index is 0.00000289. The number of hydrogen-bond acceptors (Lipinski definition) is 6. The topological polar surface area (TPSA) is 73.9 Å². The van der Waals surface area contributed by atoms with Crippen LogP contribution in [0.15, 0.2) is 55.0 Å². The van der Waals surface area contributed by atoms with Gasteiger partial charge in [-0.3, -0.25) is 0 Å². The molecular weight excluding hydrogens is 462 g/mol. The van der Waals surface area contributed by atoms with Crippen LogP contribution in [0.4, 0.5) is 5.95 Å². The number of aromatic nitrogens is 6. The van der Waals surface area contributed by atoms with Gasteiger partial charge in [0.2, 0.25) is 17.7 Å². The SMILES string of the molecule is COc1nc(-c2nc(N3CCCC(c4ccccc4)C3)n(C(C)C)n2)ccc1-n1cnc(C)c1.Cl. The minimum atomic E-state index is 0. The Hall–Kier alpha value is -3.39. The highest BCUT2D eigenvalue weighted by Crippen LogP contribution is 2.32. The minimum absolute atomic E-state index is 0. The van der Waals surface area contributed by atoms with Crippen LogP contribution < -0.4 is 9.64 Å². The summed E-state index contributed by atoms with van der Waals surface area (Å²) in [5.74, 6) is 2.52. The van der Waals surface area contributed by atoms with E-state index in [0.717, 1.165) is 36.8 Å². The fourth-order valence-electron chi connectivity index (χ4n) is 4.60. The number of pyridine rings is 1. The van der Waals surface area contributed by atoms with Crippen LogP contribution in [0.25, 0.3) is 17.2 Å². The lowest BCUT2D eigenvalue weighted by molar-refractivity contribution is 0.396. The number of halogens is 1. The number of imidazole rings is 1. The smallest absolute Gasteiger partial charge is 0.238 e. The molecule has 3 aromatic heterocycles. The van der Waals surface area contributed by atoms with Gasteiger partial charge in [-0.2, -0.15) is 4.98 Å². The molecule has 0 N–H and O–H groups in total. The molecule has 1 unspecified atom stereocenters. The van der Waals surface area contributed by atoms with Gasteiger partial charge in [0, 0.05) is 25.2 Å². The van der Waals surface area contributed by atoms with Gasteiger partial charge in [0.1, 0.15) is 11.4 Å². The fourth-order valence-corrected chi connectivity index (χ4v) is 4.60. The molecule has 0 saturated carbocycles. The van der Waals surface area contributed by atoms with E-state index in [1.54, 1.807) is 13.4 Å². The zero-order valence-corrected chi connectivity index (χ0v) is 21.4. The summed E-state index contributed by atoms with van der Waals surface area (Å²) in [7, 11) is 1.63. The van der Waals surface area contributed by atoms with Crippen LogP contribution in [0.1, 0.15) is 49.9 Å². The van der Waals surface area contributed by atoms with E-state index < -0.39 is 0 Å². The first kappa shape index (κ1) is 24.7. The van der Waals surface area contributed by atoms with Gasteiger partial charge >= 0.3 is 0 Å². The maximum Gasteiger partial charge on any atom is 0.238 e. The molecule has 1 aliphatic rings. The van der Waals surface area contributed by atoms with Crippen molar-refractivity contribution in [2.75, 3.05) is 25.1 Å². The largest absolute Gasteiger partial charge is 0.479 e. The van der Waals surface area contributed by atoms with Crippen molar-refractivity contribution in [1.29, 1.82) is 0 Å². The van der Waals surface area contributed by atoms with Gasteiger partial charge in [0.05, 0.1) is 25.2 Å². The molecule has 0 amide bonds. The quantitative estimate of drug-likeness (QED) is 0.366. The van der Waals surface area contributed by atoms with Crippen LogP contribution in [0.3, 0.4) is 0 Å². The predicted octanol–water partition coefficient (Wildman–Crippen LogP) is 5.23. The number of methoxy groups -OCH3 is 1. The molecule has 184 valence electrons. The van der Waals surface area contributed by atoms with Gasteiger partial charge in [-0.15, -0.1) is 17.5 Å². The highest BCUT2D eigenvalue weighted by molar-refractivity contribution is 5.85. The van der Waals surface area contributed by atoms with Crippen LogP contribution >= 0.6 is 12.4 Å². The van der Waals surface area contributed by atoms with Crippen molar-refractivity contribution in [3.63, 3.8) is 0 Å². The van der Waals surface area contributed by atoms with E-state index >= 15 is 0 Å². The lowest BCUT2D eigenvalue weighted by Gasteiger charge is -2.34. The first-order valence-corrected chi connectivity index (χ1v) is 11.9. The number of nitrogens with zero attached hydrogens (tertiary/aromatic N) is 7. The third-order valence-corrected chi connectivity index (χ3v) is 6.33. The molecule has 8 nitrogen and oxygen atoms in total. The molecule has 5 rings (SSSR count). The molecule has 4 aromatic rings. The van der Waals surface area contributed by atoms with Crippen LogP contribution in [0, 0.1) is 6.92 Å². The monoisotopic (exact) mass is 493 g/mol. The van der Waals surface area contributed by atoms with Crippen molar-refractivity contribution < 1.29 is 4.74 Å². The molecule has 35 heavy (non-hydrogen) atoms. The highest BCUT2D eigenvalue weighted by Gasteiger charge is 2.27. The summed E-state index contributed by atoms with van der Waals surface area (Å²) in [6, 6.07) is 14.9. The van der Waals surface area contributed by atoms with Gasteiger partial charge in [-0.25, -0.2) is 14.6 Å². The molecular formula is C26H32ClN7O. The normalized spacial score (nSPS) is 15.8. The molecule has 0 radical (unpaired) electrons. The summed E-state index contributed by atoms with van der Waals surface area (Å²) in [6.45, 7) is 8.14.